The van der Waals surface area contributed by atoms with Crippen LogP contribution in [0.1, 0.15) is 46.5 Å². The van der Waals surface area contributed by atoms with Crippen molar-refractivity contribution in [1.82, 2.24) is 15.6 Å². The van der Waals surface area contributed by atoms with Crippen molar-refractivity contribution in [3.63, 3.8) is 0 Å². The largest absolute Gasteiger partial charge is 0.361 e. The van der Waals surface area contributed by atoms with Crippen molar-refractivity contribution in [2.24, 2.45) is 0 Å². The SMILES string of the molecule is CCC(C)NC(=O)c1ccc(C(=O)NCCc2c[nH]c3ccccc23)cc1. The molecular weight excluding hydrogens is 338 g/mol. The molecule has 5 heteroatoms. The summed E-state index contributed by atoms with van der Waals surface area (Å²) in [5, 5.41) is 7.04. The van der Waals surface area contributed by atoms with E-state index in [4.69, 9.17) is 0 Å². The molecule has 3 N–H and O–H groups in total. The molecule has 3 aromatic rings. The van der Waals surface area contributed by atoms with Crippen molar-refractivity contribution >= 4 is 22.7 Å². The summed E-state index contributed by atoms with van der Waals surface area (Å²) < 4.78 is 0. The highest BCUT2D eigenvalue weighted by Gasteiger charge is 2.11. The molecule has 0 spiro atoms. The van der Waals surface area contributed by atoms with Crippen molar-refractivity contribution in [3.05, 3.63) is 71.4 Å². The molecule has 0 saturated carbocycles. The van der Waals surface area contributed by atoms with Crippen molar-refractivity contribution in [2.75, 3.05) is 6.54 Å². The average Bonchev–Trinajstić information content (AvgIpc) is 3.11. The molecule has 1 aromatic heterocycles. The highest BCUT2D eigenvalue weighted by atomic mass is 16.2. The second kappa shape index (κ2) is 8.54. The summed E-state index contributed by atoms with van der Waals surface area (Å²) in [6, 6.07) is 15.0. The van der Waals surface area contributed by atoms with Gasteiger partial charge >= 0.3 is 0 Å². The number of amides is 2. The summed E-state index contributed by atoms with van der Waals surface area (Å²) in [5.74, 6) is -0.251. The standard InChI is InChI=1S/C22H25N3O2/c1-3-15(2)25-22(27)17-10-8-16(9-11-17)21(26)23-13-12-18-14-24-20-7-5-4-6-19(18)20/h4-11,14-15,24H,3,12-13H2,1-2H3,(H,23,26)(H,25,27). The van der Waals surface area contributed by atoms with Gasteiger partial charge in [-0.05, 0) is 55.7 Å². The average molecular weight is 363 g/mol. The highest BCUT2D eigenvalue weighted by molar-refractivity contribution is 5.97. The fraction of sp³-hybridized carbons (Fsp3) is 0.273. The van der Waals surface area contributed by atoms with Crippen LogP contribution < -0.4 is 10.6 Å². The predicted molar refractivity (Wildman–Crippen MR) is 108 cm³/mol. The number of H-pyrrole nitrogens is 1. The molecule has 0 aliphatic heterocycles. The molecule has 27 heavy (non-hydrogen) atoms. The Labute approximate surface area is 159 Å². The minimum absolute atomic E-state index is 0.115. The number of carbonyl (C=O) groups excluding carboxylic acids is 2. The van der Waals surface area contributed by atoms with Gasteiger partial charge in [-0.15, -0.1) is 0 Å². The number of nitrogens with one attached hydrogen (secondary N) is 3. The lowest BCUT2D eigenvalue weighted by Gasteiger charge is -2.11. The Hall–Kier alpha value is -3.08. The van der Waals surface area contributed by atoms with Crippen molar-refractivity contribution < 1.29 is 9.59 Å². The lowest BCUT2D eigenvalue weighted by Crippen LogP contribution is -2.32. The maximum atomic E-state index is 12.3. The zero-order chi connectivity index (χ0) is 19.2. The molecule has 0 radical (unpaired) electrons. The van der Waals surface area contributed by atoms with Gasteiger partial charge in [0, 0.05) is 40.8 Å². The van der Waals surface area contributed by atoms with Gasteiger partial charge in [0.15, 0.2) is 0 Å². The van der Waals surface area contributed by atoms with Crippen LogP contribution in [0.3, 0.4) is 0 Å². The van der Waals surface area contributed by atoms with Crippen LogP contribution in [-0.4, -0.2) is 29.4 Å². The first kappa shape index (κ1) is 18.7. The lowest BCUT2D eigenvalue weighted by molar-refractivity contribution is 0.0932. The summed E-state index contributed by atoms with van der Waals surface area (Å²) >= 11 is 0. The van der Waals surface area contributed by atoms with E-state index in [2.05, 4.69) is 21.7 Å². The van der Waals surface area contributed by atoms with Crippen LogP contribution in [0.25, 0.3) is 10.9 Å². The molecule has 0 bridgehead atoms. The number of aromatic amines is 1. The molecule has 0 saturated heterocycles. The molecule has 1 heterocycles. The van der Waals surface area contributed by atoms with E-state index in [1.165, 1.54) is 10.9 Å². The van der Waals surface area contributed by atoms with Crippen LogP contribution in [0.4, 0.5) is 0 Å². The van der Waals surface area contributed by atoms with Crippen molar-refractivity contribution in [3.8, 4) is 0 Å². The first-order valence-corrected chi connectivity index (χ1v) is 9.32. The van der Waals surface area contributed by atoms with Gasteiger partial charge in [-0.3, -0.25) is 9.59 Å². The molecular formula is C22H25N3O2. The fourth-order valence-corrected chi connectivity index (χ4v) is 2.93. The summed E-state index contributed by atoms with van der Waals surface area (Å²) in [5.41, 5.74) is 3.40. The van der Waals surface area contributed by atoms with E-state index in [1.54, 1.807) is 24.3 Å². The van der Waals surface area contributed by atoms with E-state index < -0.39 is 0 Å². The molecule has 140 valence electrons. The predicted octanol–water partition coefficient (Wildman–Crippen LogP) is 3.67. The molecule has 0 aliphatic rings. The number of hydrogen-bond acceptors (Lipinski definition) is 2. The number of fused-ring (bicyclic) bond motifs is 1. The molecule has 5 nitrogen and oxygen atoms in total. The Bertz CT molecular complexity index is 928. The van der Waals surface area contributed by atoms with Crippen LogP contribution in [0.15, 0.2) is 54.7 Å². The summed E-state index contributed by atoms with van der Waals surface area (Å²) in [7, 11) is 0. The zero-order valence-corrected chi connectivity index (χ0v) is 15.7. The van der Waals surface area contributed by atoms with Crippen LogP contribution in [0.5, 0.6) is 0 Å². The Balaban J connectivity index is 1.54. The summed E-state index contributed by atoms with van der Waals surface area (Å²) in [6.45, 7) is 4.54. The molecule has 0 fully saturated rings. The maximum Gasteiger partial charge on any atom is 0.251 e. The van der Waals surface area contributed by atoms with E-state index in [9.17, 15) is 9.59 Å². The minimum Gasteiger partial charge on any atom is -0.361 e. The Morgan fingerprint density at radius 2 is 1.67 bits per heavy atom. The Morgan fingerprint density at radius 1 is 1.00 bits per heavy atom. The smallest absolute Gasteiger partial charge is 0.251 e. The zero-order valence-electron chi connectivity index (χ0n) is 15.7. The Morgan fingerprint density at radius 3 is 2.37 bits per heavy atom. The third-order valence-corrected chi connectivity index (χ3v) is 4.75. The van der Waals surface area contributed by atoms with E-state index in [-0.39, 0.29) is 17.9 Å². The van der Waals surface area contributed by atoms with E-state index in [1.807, 2.05) is 38.2 Å². The minimum atomic E-state index is -0.135. The first-order chi connectivity index (χ1) is 13.1. The molecule has 2 aromatic carbocycles. The fourth-order valence-electron chi connectivity index (χ4n) is 2.93. The van der Waals surface area contributed by atoms with Crippen LogP contribution in [0.2, 0.25) is 0 Å². The van der Waals surface area contributed by atoms with E-state index in [0.29, 0.717) is 17.7 Å². The third-order valence-electron chi connectivity index (χ3n) is 4.75. The van der Waals surface area contributed by atoms with Crippen LogP contribution >= 0.6 is 0 Å². The molecule has 0 aliphatic carbocycles. The van der Waals surface area contributed by atoms with E-state index >= 15 is 0 Å². The summed E-state index contributed by atoms with van der Waals surface area (Å²) in [6.07, 6.45) is 3.62. The topological polar surface area (TPSA) is 74.0 Å². The number of carbonyl (C=O) groups is 2. The molecule has 1 unspecified atom stereocenters. The first-order valence-electron chi connectivity index (χ1n) is 9.32. The van der Waals surface area contributed by atoms with Gasteiger partial charge in [0.2, 0.25) is 0 Å². The van der Waals surface area contributed by atoms with Crippen molar-refractivity contribution in [1.29, 1.82) is 0 Å². The number of benzene rings is 2. The maximum absolute atomic E-state index is 12.3. The van der Waals surface area contributed by atoms with Gasteiger partial charge < -0.3 is 15.6 Å². The van der Waals surface area contributed by atoms with Crippen LogP contribution in [-0.2, 0) is 6.42 Å². The Kier molecular flexibility index (Phi) is 5.91. The van der Waals surface area contributed by atoms with Crippen molar-refractivity contribution in [2.45, 2.75) is 32.7 Å². The second-order valence-electron chi connectivity index (χ2n) is 6.73. The summed E-state index contributed by atoms with van der Waals surface area (Å²) in [4.78, 5) is 27.7. The quantitative estimate of drug-likeness (QED) is 0.599. The third kappa shape index (κ3) is 4.56. The monoisotopic (exact) mass is 363 g/mol. The number of para-hydroxylation sites is 1. The second-order valence-corrected chi connectivity index (χ2v) is 6.73. The van der Waals surface area contributed by atoms with Gasteiger partial charge in [-0.1, -0.05) is 25.1 Å². The van der Waals surface area contributed by atoms with Gasteiger partial charge in [0.25, 0.3) is 11.8 Å². The van der Waals surface area contributed by atoms with Gasteiger partial charge in [0.1, 0.15) is 0 Å². The highest BCUT2D eigenvalue weighted by Crippen LogP contribution is 2.17. The van der Waals surface area contributed by atoms with Gasteiger partial charge in [0.05, 0.1) is 0 Å². The number of hydrogen-bond donors (Lipinski definition) is 3. The molecule has 3 rings (SSSR count). The number of aromatic nitrogens is 1. The molecule has 1 atom stereocenters. The van der Waals surface area contributed by atoms with Gasteiger partial charge in [-0.2, -0.15) is 0 Å². The normalized spacial score (nSPS) is 11.9. The lowest BCUT2D eigenvalue weighted by atomic mass is 10.1. The number of rotatable bonds is 7. The van der Waals surface area contributed by atoms with Crippen LogP contribution in [0, 0.1) is 0 Å². The molecule has 2 amide bonds. The van der Waals surface area contributed by atoms with E-state index in [0.717, 1.165) is 18.4 Å². The van der Waals surface area contributed by atoms with Gasteiger partial charge in [-0.25, -0.2) is 0 Å².